The van der Waals surface area contributed by atoms with Crippen molar-refractivity contribution in [2.45, 2.75) is 54.1 Å². The molecule has 4 nitrogen and oxygen atoms in total. The fraction of sp³-hybridized carbons (Fsp3) is 0.375. The minimum absolute atomic E-state index is 0.0620. The molecule has 2 aromatic carbocycles. The van der Waals surface area contributed by atoms with Gasteiger partial charge >= 0.3 is 0 Å². The van der Waals surface area contributed by atoms with Gasteiger partial charge in [0.2, 0.25) is 5.91 Å². The second kappa shape index (κ2) is 8.34. The van der Waals surface area contributed by atoms with E-state index in [1.807, 2.05) is 30.0 Å². The molecule has 1 saturated heterocycles. The number of hydrogen-bond donors (Lipinski definition) is 1. The molecule has 2 heterocycles. The van der Waals surface area contributed by atoms with Gasteiger partial charge in [0.05, 0.1) is 18.3 Å². The van der Waals surface area contributed by atoms with Crippen molar-refractivity contribution in [2.75, 3.05) is 18.1 Å². The second-order valence-corrected chi connectivity index (χ2v) is 9.03. The van der Waals surface area contributed by atoms with Crippen LogP contribution in [0.1, 0.15) is 37.3 Å². The van der Waals surface area contributed by atoms with Crippen molar-refractivity contribution >= 4 is 23.4 Å². The number of nitrogens with zero attached hydrogens (tertiary/aromatic N) is 1. The van der Waals surface area contributed by atoms with Crippen molar-refractivity contribution in [1.82, 2.24) is 0 Å². The fourth-order valence-electron chi connectivity index (χ4n) is 4.24. The van der Waals surface area contributed by atoms with E-state index in [0.29, 0.717) is 32.4 Å². The van der Waals surface area contributed by atoms with E-state index in [4.69, 9.17) is 4.74 Å². The number of rotatable bonds is 5. The smallest absolute Gasteiger partial charge is 0.227 e. The van der Waals surface area contributed by atoms with Gasteiger partial charge in [0.25, 0.3) is 0 Å². The summed E-state index contributed by atoms with van der Waals surface area (Å²) in [4.78, 5) is 16.3. The number of benzene rings is 2. The first-order valence-corrected chi connectivity index (χ1v) is 11.0. The van der Waals surface area contributed by atoms with Gasteiger partial charge in [-0.1, -0.05) is 30.0 Å². The first kappa shape index (κ1) is 20.2. The summed E-state index contributed by atoms with van der Waals surface area (Å²) in [5.74, 6) is 0.157. The summed E-state index contributed by atoms with van der Waals surface area (Å²) >= 11 is 1.69. The maximum absolute atomic E-state index is 12.2. The Morgan fingerprint density at radius 1 is 1.28 bits per heavy atom. The molecular weight excluding hydrogens is 382 g/mol. The molecule has 152 valence electrons. The molecule has 1 fully saturated rings. The summed E-state index contributed by atoms with van der Waals surface area (Å²) in [7, 11) is 0. The predicted molar refractivity (Wildman–Crippen MR) is 116 cm³/mol. The molecular formula is C24H27NO3S. The summed E-state index contributed by atoms with van der Waals surface area (Å²) in [5.41, 5.74) is 2.32. The lowest BCUT2D eigenvalue weighted by molar-refractivity contribution is -0.118. The van der Waals surface area contributed by atoms with E-state index < -0.39 is 5.60 Å². The first-order valence-electron chi connectivity index (χ1n) is 10.1. The third-order valence-electron chi connectivity index (χ3n) is 5.71. The number of aryl methyl sites for hydroxylation is 1. The van der Waals surface area contributed by atoms with Gasteiger partial charge in [0, 0.05) is 41.3 Å². The van der Waals surface area contributed by atoms with Crippen LogP contribution in [-0.4, -0.2) is 30.3 Å². The van der Waals surface area contributed by atoms with E-state index in [-0.39, 0.29) is 12.0 Å². The summed E-state index contributed by atoms with van der Waals surface area (Å²) < 4.78 is 5.61. The molecule has 5 heteroatoms. The molecule has 1 N–H and O–H groups in total. The predicted octanol–water partition coefficient (Wildman–Crippen LogP) is 4.69. The zero-order valence-corrected chi connectivity index (χ0v) is 17.6. The summed E-state index contributed by atoms with van der Waals surface area (Å²) in [6.07, 6.45) is 4.38. The molecule has 0 aromatic heterocycles. The van der Waals surface area contributed by atoms with Crippen molar-refractivity contribution < 1.29 is 14.6 Å². The lowest BCUT2D eigenvalue weighted by atomic mass is 9.84. The minimum atomic E-state index is -0.824. The highest BCUT2D eigenvalue weighted by atomic mass is 32.2. The Bertz CT molecular complexity index is 928. The van der Waals surface area contributed by atoms with Gasteiger partial charge < -0.3 is 14.7 Å². The Kier molecular flexibility index (Phi) is 5.81. The lowest BCUT2D eigenvalue weighted by Gasteiger charge is -2.36. The molecule has 2 aliphatic rings. The van der Waals surface area contributed by atoms with E-state index in [2.05, 4.69) is 30.8 Å². The van der Waals surface area contributed by atoms with E-state index >= 15 is 0 Å². The minimum Gasteiger partial charge on any atom is -0.385 e. The van der Waals surface area contributed by atoms with Crippen LogP contribution in [0.15, 0.2) is 64.9 Å². The third kappa shape index (κ3) is 4.27. The SMILES string of the molecule is C=CCN1C(=O)CCc2cc(Sc3cccc(C4(O)CCOC(C)C4)c3)ccc21. The molecule has 29 heavy (non-hydrogen) atoms. The monoisotopic (exact) mass is 409 g/mol. The van der Waals surface area contributed by atoms with Crippen LogP contribution in [0.4, 0.5) is 5.69 Å². The zero-order chi connectivity index (χ0) is 20.4. The molecule has 4 rings (SSSR count). The Morgan fingerprint density at radius 2 is 2.10 bits per heavy atom. The highest BCUT2D eigenvalue weighted by Crippen LogP contribution is 2.39. The maximum atomic E-state index is 12.2. The molecule has 2 unspecified atom stereocenters. The number of fused-ring (bicyclic) bond motifs is 1. The van der Waals surface area contributed by atoms with Crippen LogP contribution in [0, 0.1) is 0 Å². The highest BCUT2D eigenvalue weighted by Gasteiger charge is 2.35. The van der Waals surface area contributed by atoms with Crippen LogP contribution in [0.2, 0.25) is 0 Å². The maximum Gasteiger partial charge on any atom is 0.227 e. The molecule has 0 saturated carbocycles. The zero-order valence-electron chi connectivity index (χ0n) is 16.8. The molecule has 2 aliphatic heterocycles. The van der Waals surface area contributed by atoms with Crippen molar-refractivity contribution in [3.8, 4) is 0 Å². The Labute approximate surface area is 176 Å². The van der Waals surface area contributed by atoms with Crippen LogP contribution in [0.5, 0.6) is 0 Å². The van der Waals surface area contributed by atoms with Crippen LogP contribution >= 0.6 is 11.8 Å². The van der Waals surface area contributed by atoms with Gasteiger partial charge in [-0.2, -0.15) is 0 Å². The number of carbonyl (C=O) groups is 1. The number of amides is 1. The van der Waals surface area contributed by atoms with E-state index in [1.165, 1.54) is 5.56 Å². The largest absolute Gasteiger partial charge is 0.385 e. The third-order valence-corrected chi connectivity index (χ3v) is 6.69. The van der Waals surface area contributed by atoms with Gasteiger partial charge in [0.1, 0.15) is 0 Å². The molecule has 0 radical (unpaired) electrons. The Morgan fingerprint density at radius 3 is 2.90 bits per heavy atom. The number of anilines is 1. The molecule has 0 bridgehead atoms. The van der Waals surface area contributed by atoms with Crippen molar-refractivity contribution in [3.05, 3.63) is 66.2 Å². The highest BCUT2D eigenvalue weighted by molar-refractivity contribution is 7.99. The summed E-state index contributed by atoms with van der Waals surface area (Å²) in [5, 5.41) is 11.1. The average Bonchev–Trinajstić information content (AvgIpc) is 2.70. The molecule has 0 aliphatic carbocycles. The van der Waals surface area contributed by atoms with Crippen molar-refractivity contribution in [2.24, 2.45) is 0 Å². The van der Waals surface area contributed by atoms with Crippen LogP contribution in [-0.2, 0) is 21.6 Å². The molecule has 2 atom stereocenters. The number of ether oxygens (including phenoxy) is 1. The molecule has 0 spiro atoms. The topological polar surface area (TPSA) is 49.8 Å². The normalized spacial score (nSPS) is 24.3. The molecule has 1 amide bonds. The van der Waals surface area contributed by atoms with Gasteiger partial charge in [-0.05, 0) is 54.8 Å². The van der Waals surface area contributed by atoms with Crippen LogP contribution in [0.3, 0.4) is 0 Å². The lowest BCUT2D eigenvalue weighted by Crippen LogP contribution is -2.37. The number of aliphatic hydroxyl groups is 1. The number of carbonyl (C=O) groups excluding carboxylic acids is 1. The van der Waals surface area contributed by atoms with Crippen LogP contribution < -0.4 is 4.90 Å². The van der Waals surface area contributed by atoms with Gasteiger partial charge in [0.15, 0.2) is 0 Å². The first-order chi connectivity index (χ1) is 14.0. The van der Waals surface area contributed by atoms with Crippen LogP contribution in [0.25, 0.3) is 0 Å². The number of hydrogen-bond acceptors (Lipinski definition) is 4. The summed E-state index contributed by atoms with van der Waals surface area (Å²) in [6.45, 7) is 6.90. The van der Waals surface area contributed by atoms with Gasteiger partial charge in [-0.25, -0.2) is 0 Å². The molecule has 2 aromatic rings. The van der Waals surface area contributed by atoms with Gasteiger partial charge in [-0.3, -0.25) is 4.79 Å². The standard InChI is InChI=1S/C24H27NO3S/c1-3-12-25-22-9-8-21(14-18(22)7-10-23(25)26)29-20-6-4-5-19(15-20)24(27)11-13-28-17(2)16-24/h3-6,8-9,14-15,17,27H,1,7,10-13,16H2,2H3. The second-order valence-electron chi connectivity index (χ2n) is 7.88. The summed E-state index contributed by atoms with van der Waals surface area (Å²) in [6, 6.07) is 14.5. The van der Waals surface area contributed by atoms with E-state index in [1.54, 1.807) is 17.8 Å². The van der Waals surface area contributed by atoms with Crippen molar-refractivity contribution in [1.29, 1.82) is 0 Å². The Balaban J connectivity index is 1.56. The average molecular weight is 410 g/mol. The fourth-order valence-corrected chi connectivity index (χ4v) is 5.18. The van der Waals surface area contributed by atoms with Gasteiger partial charge in [-0.15, -0.1) is 6.58 Å². The quantitative estimate of drug-likeness (QED) is 0.728. The Hall–Kier alpha value is -2.08. The van der Waals surface area contributed by atoms with Crippen molar-refractivity contribution in [3.63, 3.8) is 0 Å². The van der Waals surface area contributed by atoms with E-state index in [9.17, 15) is 9.90 Å². The van der Waals surface area contributed by atoms with E-state index in [0.717, 1.165) is 27.5 Å².